The van der Waals surface area contributed by atoms with Crippen molar-refractivity contribution in [3.05, 3.63) is 28.5 Å². The predicted molar refractivity (Wildman–Crippen MR) is 89.0 cm³/mol. The Morgan fingerprint density at radius 2 is 2.10 bits per heavy atom. The van der Waals surface area contributed by atoms with Gasteiger partial charge in [-0.05, 0) is 25.1 Å². The van der Waals surface area contributed by atoms with Crippen LogP contribution in [0.5, 0.6) is 0 Å². The average molecular weight is 373 g/mol. The van der Waals surface area contributed by atoms with Crippen LogP contribution in [0.2, 0.25) is 0 Å². The van der Waals surface area contributed by atoms with E-state index in [1.54, 1.807) is 0 Å². The van der Waals surface area contributed by atoms with Gasteiger partial charge in [-0.15, -0.1) is 11.6 Å². The third kappa shape index (κ3) is 3.42. The summed E-state index contributed by atoms with van der Waals surface area (Å²) in [6, 6.07) is 6.17. The van der Waals surface area contributed by atoms with E-state index >= 15 is 0 Å². The summed E-state index contributed by atoms with van der Waals surface area (Å²) in [5, 5.41) is -0.0964. The number of morpholine rings is 1. The third-order valence-electron chi connectivity index (χ3n) is 3.84. The van der Waals surface area contributed by atoms with Crippen molar-refractivity contribution in [2.24, 2.45) is 0 Å². The van der Waals surface area contributed by atoms with Crippen LogP contribution in [-0.2, 0) is 11.3 Å². The van der Waals surface area contributed by atoms with Gasteiger partial charge in [0.15, 0.2) is 0 Å². The number of alkyl halides is 1. The summed E-state index contributed by atoms with van der Waals surface area (Å²) in [5.74, 6) is 0.943. The molecular weight excluding hydrogens is 354 g/mol. The van der Waals surface area contributed by atoms with Crippen molar-refractivity contribution in [2.45, 2.75) is 18.8 Å². The zero-order valence-corrected chi connectivity index (χ0v) is 14.4. The second kappa shape index (κ2) is 6.65. The Kier molecular flexibility index (Phi) is 4.84. The van der Waals surface area contributed by atoms with Crippen molar-refractivity contribution in [1.82, 2.24) is 14.5 Å². The highest BCUT2D eigenvalue weighted by Gasteiger charge is 2.17. The lowest BCUT2D eigenvalue weighted by Crippen LogP contribution is -2.38. The van der Waals surface area contributed by atoms with Crippen molar-refractivity contribution in [3.63, 3.8) is 0 Å². The molecule has 2 heterocycles. The highest BCUT2D eigenvalue weighted by Crippen LogP contribution is 2.26. The van der Waals surface area contributed by atoms with Crippen molar-refractivity contribution in [3.8, 4) is 0 Å². The van der Waals surface area contributed by atoms with Crippen LogP contribution in [-0.4, -0.2) is 47.3 Å². The zero-order valence-electron chi connectivity index (χ0n) is 12.1. The van der Waals surface area contributed by atoms with Crippen LogP contribution >= 0.6 is 27.5 Å². The molecule has 4 nitrogen and oxygen atoms in total. The van der Waals surface area contributed by atoms with E-state index in [1.165, 1.54) is 0 Å². The zero-order chi connectivity index (χ0) is 14.8. The molecule has 0 amide bonds. The van der Waals surface area contributed by atoms with Crippen molar-refractivity contribution in [2.75, 3.05) is 32.8 Å². The number of fused-ring (bicyclic) bond motifs is 1. The lowest BCUT2D eigenvalue weighted by atomic mass is 10.3. The van der Waals surface area contributed by atoms with E-state index in [1.807, 2.05) is 19.1 Å². The Morgan fingerprint density at radius 3 is 2.81 bits per heavy atom. The molecule has 21 heavy (non-hydrogen) atoms. The minimum absolute atomic E-state index is 0.0964. The molecule has 1 aliphatic rings. The number of halogens is 2. The molecule has 1 fully saturated rings. The molecular formula is C15H19BrClN3O. The SMILES string of the molecule is CC(Cl)c1nc2ccc(Br)cc2n1CCN1CCOCC1. The fourth-order valence-electron chi connectivity index (χ4n) is 2.72. The fraction of sp³-hybridized carbons (Fsp3) is 0.533. The quantitative estimate of drug-likeness (QED) is 0.770. The fourth-order valence-corrected chi connectivity index (χ4v) is 3.23. The molecule has 1 atom stereocenters. The van der Waals surface area contributed by atoms with Gasteiger partial charge < -0.3 is 9.30 Å². The van der Waals surface area contributed by atoms with Crippen molar-refractivity contribution < 1.29 is 4.74 Å². The van der Waals surface area contributed by atoms with Gasteiger partial charge in [-0.25, -0.2) is 4.98 Å². The molecule has 1 unspecified atom stereocenters. The first-order valence-corrected chi connectivity index (χ1v) is 8.48. The van der Waals surface area contributed by atoms with Crippen LogP contribution in [0.3, 0.4) is 0 Å². The van der Waals surface area contributed by atoms with E-state index in [2.05, 4.69) is 36.4 Å². The van der Waals surface area contributed by atoms with Crippen LogP contribution in [0, 0.1) is 0 Å². The third-order valence-corrected chi connectivity index (χ3v) is 4.53. The highest BCUT2D eigenvalue weighted by atomic mass is 79.9. The van der Waals surface area contributed by atoms with Crippen LogP contribution in [0.4, 0.5) is 0 Å². The molecule has 0 spiro atoms. The number of benzene rings is 1. The van der Waals surface area contributed by atoms with Crippen LogP contribution in [0.1, 0.15) is 18.1 Å². The van der Waals surface area contributed by atoms with Gasteiger partial charge in [0, 0.05) is 30.7 Å². The minimum Gasteiger partial charge on any atom is -0.379 e. The largest absolute Gasteiger partial charge is 0.379 e. The second-order valence-electron chi connectivity index (χ2n) is 5.32. The molecule has 1 aliphatic heterocycles. The van der Waals surface area contributed by atoms with Gasteiger partial charge >= 0.3 is 0 Å². The molecule has 1 aromatic carbocycles. The van der Waals surface area contributed by atoms with Crippen LogP contribution < -0.4 is 0 Å². The molecule has 0 N–H and O–H groups in total. The van der Waals surface area contributed by atoms with Gasteiger partial charge in [0.25, 0.3) is 0 Å². The van der Waals surface area contributed by atoms with Gasteiger partial charge in [-0.2, -0.15) is 0 Å². The van der Waals surface area contributed by atoms with Crippen molar-refractivity contribution >= 4 is 38.6 Å². The number of nitrogens with zero attached hydrogens (tertiary/aromatic N) is 3. The average Bonchev–Trinajstić information content (AvgIpc) is 2.84. The van der Waals surface area contributed by atoms with E-state index in [-0.39, 0.29) is 5.38 Å². The number of rotatable bonds is 4. The first-order valence-electron chi connectivity index (χ1n) is 7.25. The minimum atomic E-state index is -0.0964. The van der Waals surface area contributed by atoms with Gasteiger partial charge in [-0.3, -0.25) is 4.90 Å². The lowest BCUT2D eigenvalue weighted by Gasteiger charge is -2.27. The Bertz CT molecular complexity index is 623. The summed E-state index contributed by atoms with van der Waals surface area (Å²) < 4.78 is 8.71. The second-order valence-corrected chi connectivity index (χ2v) is 6.90. The Balaban J connectivity index is 1.87. The van der Waals surface area contributed by atoms with Gasteiger partial charge in [0.05, 0.1) is 29.6 Å². The summed E-state index contributed by atoms with van der Waals surface area (Å²) in [5.41, 5.74) is 2.14. The standard InChI is InChI=1S/C15H19BrClN3O/c1-11(17)15-18-13-3-2-12(16)10-14(13)20(15)5-4-19-6-8-21-9-7-19/h2-3,10-11H,4-9H2,1H3. The van der Waals surface area contributed by atoms with Crippen molar-refractivity contribution in [1.29, 1.82) is 0 Å². The molecule has 114 valence electrons. The monoisotopic (exact) mass is 371 g/mol. The summed E-state index contributed by atoms with van der Waals surface area (Å²) in [6.07, 6.45) is 0. The molecule has 0 radical (unpaired) electrons. The highest BCUT2D eigenvalue weighted by molar-refractivity contribution is 9.10. The molecule has 1 aromatic heterocycles. The molecule has 1 saturated heterocycles. The molecule has 2 aromatic rings. The molecule has 0 saturated carbocycles. The van der Waals surface area contributed by atoms with E-state index in [9.17, 15) is 0 Å². The van der Waals surface area contributed by atoms with Gasteiger partial charge in [0.1, 0.15) is 5.82 Å². The van der Waals surface area contributed by atoms with E-state index in [4.69, 9.17) is 16.3 Å². The maximum absolute atomic E-state index is 6.31. The summed E-state index contributed by atoms with van der Waals surface area (Å²) in [7, 11) is 0. The number of imidazole rings is 1. The summed E-state index contributed by atoms with van der Waals surface area (Å²) in [6.45, 7) is 7.54. The van der Waals surface area contributed by atoms with E-state index in [0.717, 1.165) is 60.7 Å². The maximum atomic E-state index is 6.31. The number of aromatic nitrogens is 2. The summed E-state index contributed by atoms with van der Waals surface area (Å²) >= 11 is 9.85. The topological polar surface area (TPSA) is 30.3 Å². The Morgan fingerprint density at radius 1 is 1.33 bits per heavy atom. The Hall–Kier alpha value is -0.620. The maximum Gasteiger partial charge on any atom is 0.127 e. The Labute approximate surface area is 138 Å². The number of hydrogen-bond acceptors (Lipinski definition) is 3. The number of ether oxygens (including phenoxy) is 1. The first-order chi connectivity index (χ1) is 10.1. The first kappa shape index (κ1) is 15.3. The molecule has 6 heteroatoms. The van der Waals surface area contributed by atoms with Crippen LogP contribution in [0.15, 0.2) is 22.7 Å². The van der Waals surface area contributed by atoms with E-state index in [0.29, 0.717) is 0 Å². The smallest absolute Gasteiger partial charge is 0.127 e. The lowest BCUT2D eigenvalue weighted by molar-refractivity contribution is 0.0364. The van der Waals surface area contributed by atoms with E-state index < -0.39 is 0 Å². The van der Waals surface area contributed by atoms with Gasteiger partial charge in [-0.1, -0.05) is 15.9 Å². The number of hydrogen-bond donors (Lipinski definition) is 0. The van der Waals surface area contributed by atoms with Gasteiger partial charge in [0.2, 0.25) is 0 Å². The molecule has 0 bridgehead atoms. The molecule has 0 aliphatic carbocycles. The molecule has 3 rings (SSSR count). The normalized spacial score (nSPS) is 18.2. The van der Waals surface area contributed by atoms with Crippen LogP contribution in [0.25, 0.3) is 11.0 Å². The summed E-state index contributed by atoms with van der Waals surface area (Å²) in [4.78, 5) is 7.11. The predicted octanol–water partition coefficient (Wildman–Crippen LogP) is 3.43.